The Morgan fingerprint density at radius 2 is 1.44 bits per heavy atom. The van der Waals surface area contributed by atoms with Gasteiger partial charge in [0.25, 0.3) is 0 Å². The Kier molecular flexibility index (Phi) is 10.9. The number of hydrogen-bond acceptors (Lipinski definition) is 4. The zero-order valence-corrected chi connectivity index (χ0v) is 31.2. The van der Waals surface area contributed by atoms with E-state index in [2.05, 4.69) is 58.8 Å². The lowest BCUT2D eigenvalue weighted by Crippen LogP contribution is -2.67. The second-order valence-corrected chi connectivity index (χ2v) is 18.5. The lowest BCUT2D eigenvalue weighted by molar-refractivity contribution is -0.246. The summed E-state index contributed by atoms with van der Waals surface area (Å²) in [7, 11) is 0. The molecule has 5 saturated carbocycles. The van der Waals surface area contributed by atoms with E-state index >= 15 is 0 Å². The van der Waals surface area contributed by atoms with E-state index in [-0.39, 0.29) is 52.1 Å². The molecule has 0 saturated heterocycles. The molecule has 7 nitrogen and oxygen atoms in total. The second kappa shape index (κ2) is 14.0. The zero-order chi connectivity index (χ0) is 35.1. The maximum absolute atomic E-state index is 14.3. The van der Waals surface area contributed by atoms with E-state index < -0.39 is 5.97 Å². The zero-order valence-electron chi connectivity index (χ0n) is 31.2. The van der Waals surface area contributed by atoms with Crippen molar-refractivity contribution in [2.45, 2.75) is 157 Å². The van der Waals surface area contributed by atoms with Gasteiger partial charge in [0.1, 0.15) is 0 Å². The molecule has 0 bridgehead atoms. The van der Waals surface area contributed by atoms with Gasteiger partial charge in [-0.2, -0.15) is 0 Å². The van der Waals surface area contributed by atoms with E-state index in [9.17, 15) is 19.5 Å². The van der Waals surface area contributed by atoms with Crippen LogP contribution in [0.5, 0.6) is 0 Å². The van der Waals surface area contributed by atoms with E-state index in [1.165, 1.54) is 31.3 Å². The van der Waals surface area contributed by atoms with E-state index in [4.69, 9.17) is 5.11 Å². The highest BCUT2D eigenvalue weighted by molar-refractivity contribution is 5.84. The molecule has 0 aromatic rings. The van der Waals surface area contributed by atoms with Gasteiger partial charge in [-0.3, -0.25) is 14.4 Å². The number of unbranched alkanes of at least 4 members (excludes halogenated alkanes) is 4. The number of aliphatic hydroxyl groups is 1. The number of carbonyl (C=O) groups excluding carboxylic acids is 2. The van der Waals surface area contributed by atoms with Crippen molar-refractivity contribution in [1.29, 1.82) is 0 Å². The van der Waals surface area contributed by atoms with Gasteiger partial charge in [0.05, 0.1) is 17.9 Å². The van der Waals surface area contributed by atoms with E-state index in [0.717, 1.165) is 70.6 Å². The third-order valence-corrected chi connectivity index (χ3v) is 16.0. The lowest BCUT2D eigenvalue weighted by Gasteiger charge is -2.72. The average molecular weight is 669 g/mol. The van der Waals surface area contributed by atoms with Crippen LogP contribution >= 0.6 is 0 Å². The number of amides is 2. The topological polar surface area (TPSA) is 116 Å². The quantitative estimate of drug-likeness (QED) is 0.117. The summed E-state index contributed by atoms with van der Waals surface area (Å²) in [6, 6.07) is 0. The lowest BCUT2D eigenvalue weighted by atomic mass is 9.32. The van der Waals surface area contributed by atoms with Crippen LogP contribution in [-0.2, 0) is 14.4 Å². The van der Waals surface area contributed by atoms with E-state index in [1.807, 2.05) is 0 Å². The third-order valence-electron chi connectivity index (χ3n) is 16.0. The van der Waals surface area contributed by atoms with Crippen LogP contribution in [-0.4, -0.2) is 47.2 Å². The minimum Gasteiger partial charge on any atom is -0.481 e. The Labute approximate surface area is 291 Å². The molecule has 0 radical (unpaired) electrons. The second-order valence-electron chi connectivity index (χ2n) is 18.5. The molecule has 0 aliphatic heterocycles. The third kappa shape index (κ3) is 6.30. The van der Waals surface area contributed by atoms with Crippen molar-refractivity contribution in [3.05, 3.63) is 12.2 Å². The number of rotatable bonds is 13. The first-order valence-electron chi connectivity index (χ1n) is 19.6. The van der Waals surface area contributed by atoms with Crippen molar-refractivity contribution < 1.29 is 24.6 Å². The van der Waals surface area contributed by atoms with Crippen LogP contribution in [0.3, 0.4) is 0 Å². The summed E-state index contributed by atoms with van der Waals surface area (Å²) in [5, 5.41) is 25.9. The molecule has 10 atom stereocenters. The summed E-state index contributed by atoms with van der Waals surface area (Å²) in [5.74, 6) is 1.85. The molecule has 0 unspecified atom stereocenters. The number of carbonyl (C=O) groups is 3. The number of allylic oxidation sites excluding steroid dienone is 1. The van der Waals surface area contributed by atoms with E-state index in [0.29, 0.717) is 48.5 Å². The molecule has 0 aromatic carbocycles. The van der Waals surface area contributed by atoms with Gasteiger partial charge < -0.3 is 20.8 Å². The highest BCUT2D eigenvalue weighted by Gasteiger charge is 2.71. The summed E-state index contributed by atoms with van der Waals surface area (Å²) < 4.78 is 0. The van der Waals surface area contributed by atoms with Crippen LogP contribution in [0.2, 0.25) is 0 Å². The van der Waals surface area contributed by atoms with Crippen molar-refractivity contribution >= 4 is 17.8 Å². The number of aliphatic carboxylic acids is 1. The molecule has 5 aliphatic carbocycles. The van der Waals surface area contributed by atoms with Gasteiger partial charge in [-0.05, 0) is 135 Å². The van der Waals surface area contributed by atoms with Gasteiger partial charge >= 0.3 is 5.97 Å². The summed E-state index contributed by atoms with van der Waals surface area (Å²) in [4.78, 5) is 36.8. The predicted octanol–water partition coefficient (Wildman–Crippen LogP) is 8.05. The molecule has 2 amide bonds. The Balaban J connectivity index is 1.21. The van der Waals surface area contributed by atoms with Crippen LogP contribution < -0.4 is 10.6 Å². The highest BCUT2D eigenvalue weighted by atomic mass is 16.4. The van der Waals surface area contributed by atoms with Crippen molar-refractivity contribution in [2.75, 3.05) is 13.1 Å². The summed E-state index contributed by atoms with van der Waals surface area (Å²) in [6.45, 7) is 20.1. The van der Waals surface area contributed by atoms with Gasteiger partial charge in [-0.1, -0.05) is 66.0 Å². The molecule has 7 heteroatoms. The largest absolute Gasteiger partial charge is 0.481 e. The molecule has 0 aromatic heterocycles. The van der Waals surface area contributed by atoms with Crippen molar-refractivity contribution in [1.82, 2.24) is 10.6 Å². The molecule has 48 heavy (non-hydrogen) atoms. The van der Waals surface area contributed by atoms with Crippen LogP contribution in [0.4, 0.5) is 0 Å². The Bertz CT molecular complexity index is 1230. The smallest absolute Gasteiger partial charge is 0.305 e. The maximum Gasteiger partial charge on any atom is 0.305 e. The van der Waals surface area contributed by atoms with Crippen LogP contribution in [0.15, 0.2) is 12.2 Å². The van der Waals surface area contributed by atoms with Crippen LogP contribution in [0.1, 0.15) is 151 Å². The Morgan fingerprint density at radius 1 is 0.729 bits per heavy atom. The molecule has 5 rings (SSSR count). The van der Waals surface area contributed by atoms with Gasteiger partial charge in [0.2, 0.25) is 11.8 Å². The van der Waals surface area contributed by atoms with Crippen LogP contribution in [0, 0.1) is 56.7 Å². The van der Waals surface area contributed by atoms with Gasteiger partial charge in [0, 0.05) is 19.5 Å². The fourth-order valence-corrected chi connectivity index (χ4v) is 13.2. The van der Waals surface area contributed by atoms with Crippen molar-refractivity contribution in [2.24, 2.45) is 56.7 Å². The standard InChI is InChI=1S/C41H68N2O5/c1-27(2)28-16-22-41(36(48)43-25-12-10-8-9-11-13-33(45)42-26-19-34(46)47)24-23-39(6)29(35(28)41)14-15-31-38(5)20-18-32(44)37(3,4)30(38)17-21-40(31,39)7/h28-32,35,44H,1,8-26H2,2-7H3,(H,42,45)(H,43,48)(H,46,47)/t28-,29+,30-,31+,32-,35+,38-,39+,40+,41-/m0/s1. The first-order valence-corrected chi connectivity index (χ1v) is 19.6. The van der Waals surface area contributed by atoms with Gasteiger partial charge in [0.15, 0.2) is 0 Å². The number of carboxylic acids is 1. The first kappa shape index (κ1) is 37.4. The number of fused-ring (bicyclic) bond motifs is 7. The monoisotopic (exact) mass is 669 g/mol. The molecule has 4 N–H and O–H groups in total. The van der Waals surface area contributed by atoms with Crippen molar-refractivity contribution in [3.8, 4) is 0 Å². The van der Waals surface area contributed by atoms with Crippen LogP contribution in [0.25, 0.3) is 0 Å². The normalized spacial score (nSPS) is 41.2. The number of aliphatic hydroxyl groups excluding tert-OH is 1. The predicted molar refractivity (Wildman–Crippen MR) is 191 cm³/mol. The molecular formula is C41H68N2O5. The highest BCUT2D eigenvalue weighted by Crippen LogP contribution is 2.77. The average Bonchev–Trinajstić information content (AvgIpc) is 3.42. The molecule has 5 fully saturated rings. The number of hydrogen-bond donors (Lipinski definition) is 4. The molecule has 5 aliphatic rings. The fraction of sp³-hybridized carbons (Fsp3) is 0.878. The SMILES string of the molecule is C=C(C)[C@@H]1CC[C@]2(C(=O)NCCCCCCCC(=O)NCCC(=O)O)CC[C@]3(C)[C@H](CC[C@@H]4[C@@]5(C)CC[C@H](O)C(C)(C)[C@@H]5CC[C@]43C)[C@@H]12. The summed E-state index contributed by atoms with van der Waals surface area (Å²) in [5.41, 5.74) is 1.63. The number of nitrogens with one attached hydrogen (secondary N) is 2. The molecule has 272 valence electrons. The molecular weight excluding hydrogens is 600 g/mol. The fourth-order valence-electron chi connectivity index (χ4n) is 13.2. The van der Waals surface area contributed by atoms with E-state index in [1.54, 1.807) is 0 Å². The molecule has 0 spiro atoms. The van der Waals surface area contributed by atoms with Gasteiger partial charge in [-0.25, -0.2) is 0 Å². The maximum atomic E-state index is 14.3. The first-order chi connectivity index (χ1) is 22.5. The van der Waals surface area contributed by atoms with Crippen molar-refractivity contribution in [3.63, 3.8) is 0 Å². The van der Waals surface area contributed by atoms with Gasteiger partial charge in [-0.15, -0.1) is 0 Å². The minimum atomic E-state index is -0.900. The Morgan fingerprint density at radius 3 is 2.15 bits per heavy atom. The minimum absolute atomic E-state index is 0.0383. The number of carboxylic acid groups (broad SMARTS) is 1. The summed E-state index contributed by atoms with van der Waals surface area (Å²) in [6.07, 6.45) is 16.1. The summed E-state index contributed by atoms with van der Waals surface area (Å²) >= 11 is 0. The Hall–Kier alpha value is -1.89. The molecule has 0 heterocycles.